The van der Waals surface area contributed by atoms with E-state index in [2.05, 4.69) is 20.9 Å². The molecule has 2 aromatic rings. The normalized spacial score (nSPS) is 15.3. The number of carbonyl (C=O) groups excluding carboxylic acids is 2. The van der Waals surface area contributed by atoms with Gasteiger partial charge >= 0.3 is 0 Å². The minimum absolute atomic E-state index is 0.183. The third-order valence-corrected chi connectivity index (χ3v) is 4.59. The second-order valence-electron chi connectivity index (χ2n) is 6.64. The lowest BCUT2D eigenvalue weighted by Gasteiger charge is -2.23. The van der Waals surface area contributed by atoms with Gasteiger partial charge in [-0.05, 0) is 43.0 Å². The molecule has 1 unspecified atom stereocenters. The number of anilines is 3. The molecule has 2 amide bonds. The van der Waals surface area contributed by atoms with Crippen molar-refractivity contribution in [3.63, 3.8) is 0 Å². The van der Waals surface area contributed by atoms with Gasteiger partial charge in [-0.25, -0.2) is 4.98 Å². The molecule has 1 heterocycles. The topological polar surface area (TPSA) is 83.1 Å². The van der Waals surface area contributed by atoms with Gasteiger partial charge in [0.15, 0.2) is 0 Å². The van der Waals surface area contributed by atoms with Crippen LogP contribution in [0.5, 0.6) is 0 Å². The Labute approximate surface area is 153 Å². The van der Waals surface area contributed by atoms with Crippen molar-refractivity contribution in [2.24, 2.45) is 5.92 Å². The number of hydrogen-bond donors (Lipinski definition) is 3. The van der Waals surface area contributed by atoms with E-state index >= 15 is 0 Å². The molecule has 6 heteroatoms. The van der Waals surface area contributed by atoms with Gasteiger partial charge in [0.1, 0.15) is 11.9 Å². The Morgan fingerprint density at radius 2 is 1.77 bits per heavy atom. The van der Waals surface area contributed by atoms with Gasteiger partial charge in [0, 0.05) is 12.6 Å². The van der Waals surface area contributed by atoms with Crippen LogP contribution >= 0.6 is 0 Å². The molecule has 6 nitrogen and oxygen atoms in total. The number of nitrogens with zero attached hydrogens (tertiary/aromatic N) is 1. The Morgan fingerprint density at radius 1 is 1.04 bits per heavy atom. The summed E-state index contributed by atoms with van der Waals surface area (Å²) in [5, 5.41) is 8.87. The van der Waals surface area contributed by atoms with E-state index in [-0.39, 0.29) is 17.7 Å². The van der Waals surface area contributed by atoms with E-state index in [9.17, 15) is 9.59 Å². The highest BCUT2D eigenvalue weighted by atomic mass is 16.2. The van der Waals surface area contributed by atoms with Crippen LogP contribution in [0.3, 0.4) is 0 Å². The van der Waals surface area contributed by atoms with Crippen molar-refractivity contribution in [3.05, 3.63) is 48.7 Å². The summed E-state index contributed by atoms with van der Waals surface area (Å²) >= 11 is 0. The zero-order chi connectivity index (χ0) is 18.4. The number of benzene rings is 1. The molecule has 1 fully saturated rings. The number of carbonyl (C=O) groups is 2. The summed E-state index contributed by atoms with van der Waals surface area (Å²) in [5.41, 5.74) is 1.56. The van der Waals surface area contributed by atoms with Crippen molar-refractivity contribution in [1.82, 2.24) is 10.3 Å². The average Bonchev–Trinajstić information content (AvgIpc) is 3.16. The van der Waals surface area contributed by atoms with Crippen molar-refractivity contribution in [3.8, 4) is 0 Å². The smallest absolute Gasteiger partial charge is 0.247 e. The lowest BCUT2D eigenvalue weighted by atomic mass is 9.97. The van der Waals surface area contributed by atoms with Crippen molar-refractivity contribution in [2.45, 2.75) is 38.6 Å². The summed E-state index contributed by atoms with van der Waals surface area (Å²) in [6.07, 6.45) is 5.76. The number of para-hydroxylation sites is 1. The molecule has 1 aromatic heterocycles. The summed E-state index contributed by atoms with van der Waals surface area (Å²) < 4.78 is 0. The first-order chi connectivity index (χ1) is 12.6. The van der Waals surface area contributed by atoms with E-state index in [0.29, 0.717) is 11.5 Å². The first-order valence-corrected chi connectivity index (χ1v) is 8.98. The minimum Gasteiger partial charge on any atom is -0.344 e. The van der Waals surface area contributed by atoms with Crippen LogP contribution in [-0.4, -0.2) is 22.8 Å². The van der Waals surface area contributed by atoms with Crippen LogP contribution in [0.2, 0.25) is 0 Å². The van der Waals surface area contributed by atoms with E-state index in [1.165, 1.54) is 6.92 Å². The molecule has 3 rings (SSSR count). The summed E-state index contributed by atoms with van der Waals surface area (Å²) in [6, 6.07) is 12.9. The van der Waals surface area contributed by atoms with Gasteiger partial charge in [-0.3, -0.25) is 9.59 Å². The number of amides is 2. The standard InChI is InChI=1S/C20H24N4O2/c1-14(25)22-19(15-7-5-6-8-15)20(26)24-17-11-12-18(21-13-17)23-16-9-3-2-4-10-16/h2-4,9-13,15,19H,5-8H2,1H3,(H,21,23)(H,22,25)(H,24,26). The number of rotatable bonds is 6. The predicted octanol–water partition coefficient (Wildman–Crippen LogP) is 3.46. The fourth-order valence-corrected chi connectivity index (χ4v) is 3.34. The van der Waals surface area contributed by atoms with Gasteiger partial charge in [0.05, 0.1) is 11.9 Å². The summed E-state index contributed by atoms with van der Waals surface area (Å²) in [6.45, 7) is 1.45. The Bertz CT molecular complexity index is 740. The Morgan fingerprint density at radius 3 is 2.38 bits per heavy atom. The molecule has 0 spiro atoms. The third-order valence-electron chi connectivity index (χ3n) is 4.59. The number of pyridine rings is 1. The number of hydrogen-bond acceptors (Lipinski definition) is 4. The fourth-order valence-electron chi connectivity index (χ4n) is 3.34. The molecule has 0 saturated heterocycles. The first-order valence-electron chi connectivity index (χ1n) is 8.98. The van der Waals surface area contributed by atoms with Crippen LogP contribution in [0.4, 0.5) is 17.2 Å². The molecule has 0 radical (unpaired) electrons. The maximum atomic E-state index is 12.6. The first kappa shape index (κ1) is 17.9. The average molecular weight is 352 g/mol. The molecule has 1 saturated carbocycles. The fraction of sp³-hybridized carbons (Fsp3) is 0.350. The molecule has 136 valence electrons. The highest BCUT2D eigenvalue weighted by Gasteiger charge is 2.31. The number of aromatic nitrogens is 1. The highest BCUT2D eigenvalue weighted by Crippen LogP contribution is 2.28. The van der Waals surface area contributed by atoms with E-state index < -0.39 is 6.04 Å². The molecule has 0 bridgehead atoms. The SMILES string of the molecule is CC(=O)NC(C(=O)Nc1ccc(Nc2ccccc2)nc1)C1CCCC1. The monoisotopic (exact) mass is 352 g/mol. The van der Waals surface area contributed by atoms with E-state index in [4.69, 9.17) is 0 Å². The minimum atomic E-state index is -0.489. The molecule has 26 heavy (non-hydrogen) atoms. The van der Waals surface area contributed by atoms with Crippen molar-refractivity contribution < 1.29 is 9.59 Å². The molecule has 1 aliphatic rings. The second-order valence-corrected chi connectivity index (χ2v) is 6.64. The van der Waals surface area contributed by atoms with Crippen LogP contribution in [0.25, 0.3) is 0 Å². The van der Waals surface area contributed by atoms with Gasteiger partial charge < -0.3 is 16.0 Å². The summed E-state index contributed by atoms with van der Waals surface area (Å²) in [5.74, 6) is 0.532. The Hall–Kier alpha value is -2.89. The molecular formula is C20H24N4O2. The molecular weight excluding hydrogens is 328 g/mol. The van der Waals surface area contributed by atoms with Gasteiger partial charge in [-0.1, -0.05) is 31.0 Å². The van der Waals surface area contributed by atoms with E-state index in [0.717, 1.165) is 31.4 Å². The zero-order valence-electron chi connectivity index (χ0n) is 14.9. The van der Waals surface area contributed by atoms with Crippen molar-refractivity contribution in [2.75, 3.05) is 10.6 Å². The Balaban J connectivity index is 1.63. The molecule has 1 aliphatic carbocycles. The van der Waals surface area contributed by atoms with Crippen molar-refractivity contribution >= 4 is 29.0 Å². The highest BCUT2D eigenvalue weighted by molar-refractivity contribution is 5.97. The largest absolute Gasteiger partial charge is 0.344 e. The van der Waals surface area contributed by atoms with Gasteiger partial charge in [0.25, 0.3) is 0 Å². The third kappa shape index (κ3) is 4.81. The van der Waals surface area contributed by atoms with Gasteiger partial charge in [-0.2, -0.15) is 0 Å². The number of nitrogens with one attached hydrogen (secondary N) is 3. The van der Waals surface area contributed by atoms with Crippen LogP contribution in [0, 0.1) is 5.92 Å². The lowest BCUT2D eigenvalue weighted by Crippen LogP contribution is -2.47. The zero-order valence-corrected chi connectivity index (χ0v) is 14.9. The molecule has 0 aliphatic heterocycles. The van der Waals surface area contributed by atoms with E-state index in [1.54, 1.807) is 12.3 Å². The van der Waals surface area contributed by atoms with Gasteiger partial charge in [0.2, 0.25) is 11.8 Å². The second kappa shape index (κ2) is 8.47. The van der Waals surface area contributed by atoms with Crippen molar-refractivity contribution in [1.29, 1.82) is 0 Å². The molecule has 3 N–H and O–H groups in total. The molecule has 1 atom stereocenters. The van der Waals surface area contributed by atoms with Crippen LogP contribution in [0.15, 0.2) is 48.7 Å². The van der Waals surface area contributed by atoms with Gasteiger partial charge in [-0.15, -0.1) is 0 Å². The van der Waals surface area contributed by atoms with Crippen LogP contribution < -0.4 is 16.0 Å². The van der Waals surface area contributed by atoms with Crippen LogP contribution in [-0.2, 0) is 9.59 Å². The maximum Gasteiger partial charge on any atom is 0.247 e. The Kier molecular flexibility index (Phi) is 5.84. The summed E-state index contributed by atoms with van der Waals surface area (Å²) in [4.78, 5) is 28.4. The predicted molar refractivity (Wildman–Crippen MR) is 102 cm³/mol. The summed E-state index contributed by atoms with van der Waals surface area (Å²) in [7, 11) is 0. The molecule has 1 aromatic carbocycles. The van der Waals surface area contributed by atoms with Crippen LogP contribution in [0.1, 0.15) is 32.6 Å². The quantitative estimate of drug-likeness (QED) is 0.743. The van der Waals surface area contributed by atoms with E-state index in [1.807, 2.05) is 36.4 Å². The maximum absolute atomic E-state index is 12.6. The lowest BCUT2D eigenvalue weighted by molar-refractivity contribution is -0.126.